The molecule has 0 radical (unpaired) electrons. The molecule has 0 aromatic heterocycles. The second-order valence-corrected chi connectivity index (χ2v) is 8.14. The first kappa shape index (κ1) is 22.8. The molecule has 2 N–H and O–H groups in total. The lowest BCUT2D eigenvalue weighted by molar-refractivity contribution is -0.126. The molecule has 1 fully saturated rings. The Morgan fingerprint density at radius 2 is 1.92 bits per heavy atom. The number of halogens is 2. The number of hydrogen-bond acceptors (Lipinski definition) is 4. The highest BCUT2D eigenvalue weighted by molar-refractivity contribution is 7.89. The fraction of sp³-hybridized carbons (Fsp3) is 0.588. The van der Waals surface area contributed by atoms with Gasteiger partial charge in [0.15, 0.2) is 0 Å². The van der Waals surface area contributed by atoms with Gasteiger partial charge in [0, 0.05) is 26.2 Å². The van der Waals surface area contributed by atoms with E-state index in [1.807, 2.05) is 0 Å². The summed E-state index contributed by atoms with van der Waals surface area (Å²) in [5, 5.41) is 6.06. The number of rotatable bonds is 8. The third kappa shape index (κ3) is 6.19. The van der Waals surface area contributed by atoms with Gasteiger partial charge < -0.3 is 10.6 Å². The van der Waals surface area contributed by atoms with Crippen LogP contribution in [0.2, 0.25) is 0 Å². The van der Waals surface area contributed by atoms with E-state index in [9.17, 15) is 17.6 Å². The van der Waals surface area contributed by atoms with Gasteiger partial charge in [-0.1, -0.05) is 6.92 Å². The topological polar surface area (TPSA) is 78.5 Å². The van der Waals surface area contributed by atoms with Crippen LogP contribution >= 0.6 is 12.4 Å². The number of sulfonamides is 1. The fourth-order valence-electron chi connectivity index (χ4n) is 2.85. The highest BCUT2D eigenvalue weighted by Gasteiger charge is 2.33. The standard InChI is InChI=1S/C17H26FN3O3S.ClH/c1-2-9-19-10-11-20-17(22)14-4-3-12-21(13-14)25(23,24)16-7-5-15(18)6-8-16;/h5-8,14,19H,2-4,9-13H2,1H3,(H,20,22);1H. The molecule has 6 nitrogen and oxygen atoms in total. The Balaban J connectivity index is 0.00000338. The molecule has 1 heterocycles. The predicted octanol–water partition coefficient (Wildman–Crippen LogP) is 1.76. The predicted molar refractivity (Wildman–Crippen MR) is 101 cm³/mol. The van der Waals surface area contributed by atoms with E-state index >= 15 is 0 Å². The van der Waals surface area contributed by atoms with Crippen LogP contribution in [0.1, 0.15) is 26.2 Å². The molecule has 9 heteroatoms. The van der Waals surface area contributed by atoms with Crippen molar-refractivity contribution < 1.29 is 17.6 Å². The van der Waals surface area contributed by atoms with E-state index in [2.05, 4.69) is 17.6 Å². The van der Waals surface area contributed by atoms with Gasteiger partial charge in [-0.2, -0.15) is 4.31 Å². The van der Waals surface area contributed by atoms with Crippen LogP contribution in [0.4, 0.5) is 4.39 Å². The normalized spacial score (nSPS) is 18.2. The van der Waals surface area contributed by atoms with Crippen molar-refractivity contribution in [1.29, 1.82) is 0 Å². The van der Waals surface area contributed by atoms with Gasteiger partial charge in [0.05, 0.1) is 10.8 Å². The molecule has 148 valence electrons. The zero-order valence-corrected chi connectivity index (χ0v) is 16.5. The van der Waals surface area contributed by atoms with Gasteiger partial charge in [-0.15, -0.1) is 12.4 Å². The molecule has 1 aliphatic heterocycles. The minimum absolute atomic E-state index is 0. The van der Waals surface area contributed by atoms with Crippen LogP contribution in [-0.2, 0) is 14.8 Å². The SMILES string of the molecule is CCCNCCNC(=O)C1CCCN(S(=O)(=O)c2ccc(F)cc2)C1.Cl. The summed E-state index contributed by atoms with van der Waals surface area (Å²) in [6.07, 6.45) is 2.34. The Morgan fingerprint density at radius 3 is 2.58 bits per heavy atom. The number of hydrogen-bond donors (Lipinski definition) is 2. The van der Waals surface area contributed by atoms with Gasteiger partial charge in [0.2, 0.25) is 15.9 Å². The number of piperidine rings is 1. The molecule has 1 amide bonds. The molecule has 1 saturated heterocycles. The number of carbonyl (C=O) groups excluding carboxylic acids is 1. The van der Waals surface area contributed by atoms with Crippen LogP contribution in [0.15, 0.2) is 29.2 Å². The van der Waals surface area contributed by atoms with Crippen LogP contribution in [0.5, 0.6) is 0 Å². The summed E-state index contributed by atoms with van der Waals surface area (Å²) in [6.45, 7) is 4.74. The maximum Gasteiger partial charge on any atom is 0.243 e. The van der Waals surface area contributed by atoms with Gasteiger partial charge >= 0.3 is 0 Å². The zero-order chi connectivity index (χ0) is 18.3. The molecule has 0 saturated carbocycles. The molecule has 1 aromatic rings. The van der Waals surface area contributed by atoms with Crippen molar-refractivity contribution in [3.05, 3.63) is 30.1 Å². The molecule has 1 atom stereocenters. The quantitative estimate of drug-likeness (QED) is 0.644. The smallest absolute Gasteiger partial charge is 0.243 e. The summed E-state index contributed by atoms with van der Waals surface area (Å²) in [7, 11) is -3.70. The lowest BCUT2D eigenvalue weighted by atomic mass is 9.99. The Hall–Kier alpha value is -1.22. The lowest BCUT2D eigenvalue weighted by Gasteiger charge is -2.31. The Labute approximate surface area is 161 Å². The molecule has 0 aliphatic carbocycles. The third-order valence-electron chi connectivity index (χ3n) is 4.23. The number of carbonyl (C=O) groups is 1. The first-order valence-electron chi connectivity index (χ1n) is 8.69. The van der Waals surface area contributed by atoms with Crippen molar-refractivity contribution >= 4 is 28.3 Å². The van der Waals surface area contributed by atoms with Crippen molar-refractivity contribution in [1.82, 2.24) is 14.9 Å². The summed E-state index contributed by atoms with van der Waals surface area (Å²) in [5.41, 5.74) is 0. The number of benzene rings is 1. The van der Waals surface area contributed by atoms with E-state index in [4.69, 9.17) is 0 Å². The van der Waals surface area contributed by atoms with Crippen LogP contribution in [-0.4, -0.2) is 51.4 Å². The number of amides is 1. The summed E-state index contributed by atoms with van der Waals surface area (Å²) in [6, 6.07) is 4.77. The average Bonchev–Trinajstić information content (AvgIpc) is 2.62. The van der Waals surface area contributed by atoms with E-state index in [1.165, 1.54) is 16.4 Å². The molecular weight excluding hydrogens is 381 g/mol. The van der Waals surface area contributed by atoms with Gasteiger partial charge in [-0.25, -0.2) is 12.8 Å². The highest BCUT2D eigenvalue weighted by Crippen LogP contribution is 2.24. The Bertz CT molecular complexity index is 670. The van der Waals surface area contributed by atoms with Crippen molar-refractivity contribution in [2.45, 2.75) is 31.1 Å². The second-order valence-electron chi connectivity index (χ2n) is 6.20. The minimum atomic E-state index is -3.70. The van der Waals surface area contributed by atoms with Crippen LogP contribution in [0.3, 0.4) is 0 Å². The third-order valence-corrected chi connectivity index (χ3v) is 6.11. The lowest BCUT2D eigenvalue weighted by Crippen LogP contribution is -2.46. The van der Waals surface area contributed by atoms with Gasteiger partial charge in [-0.05, 0) is 50.1 Å². The molecule has 1 aliphatic rings. The molecule has 0 bridgehead atoms. The van der Waals surface area contributed by atoms with Crippen LogP contribution < -0.4 is 10.6 Å². The maximum atomic E-state index is 13.0. The minimum Gasteiger partial charge on any atom is -0.355 e. The van der Waals surface area contributed by atoms with Gasteiger partial charge in [-0.3, -0.25) is 4.79 Å². The first-order valence-corrected chi connectivity index (χ1v) is 10.1. The Morgan fingerprint density at radius 1 is 1.23 bits per heavy atom. The van der Waals surface area contributed by atoms with E-state index < -0.39 is 15.8 Å². The first-order chi connectivity index (χ1) is 11.9. The van der Waals surface area contributed by atoms with Crippen molar-refractivity contribution in [3.8, 4) is 0 Å². The summed E-state index contributed by atoms with van der Waals surface area (Å²) >= 11 is 0. The number of nitrogens with one attached hydrogen (secondary N) is 2. The largest absolute Gasteiger partial charge is 0.355 e. The fourth-order valence-corrected chi connectivity index (χ4v) is 4.37. The molecule has 1 aromatic carbocycles. The zero-order valence-electron chi connectivity index (χ0n) is 14.9. The molecular formula is C17H27ClFN3O3S. The highest BCUT2D eigenvalue weighted by atomic mass is 35.5. The van der Waals surface area contributed by atoms with Crippen LogP contribution in [0.25, 0.3) is 0 Å². The second kappa shape index (κ2) is 10.8. The average molecular weight is 408 g/mol. The van der Waals surface area contributed by atoms with Gasteiger partial charge in [0.25, 0.3) is 0 Å². The van der Waals surface area contributed by atoms with E-state index in [1.54, 1.807) is 0 Å². The van der Waals surface area contributed by atoms with Crippen molar-refractivity contribution in [3.63, 3.8) is 0 Å². The molecule has 26 heavy (non-hydrogen) atoms. The summed E-state index contributed by atoms with van der Waals surface area (Å²) in [5.74, 6) is -0.945. The summed E-state index contributed by atoms with van der Waals surface area (Å²) in [4.78, 5) is 12.3. The summed E-state index contributed by atoms with van der Waals surface area (Å²) < 4.78 is 39.7. The molecule has 1 unspecified atom stereocenters. The molecule has 0 spiro atoms. The monoisotopic (exact) mass is 407 g/mol. The van der Waals surface area contributed by atoms with E-state index in [0.717, 1.165) is 25.1 Å². The van der Waals surface area contributed by atoms with Crippen molar-refractivity contribution in [2.75, 3.05) is 32.7 Å². The number of nitrogens with zero attached hydrogens (tertiary/aromatic N) is 1. The van der Waals surface area contributed by atoms with Crippen molar-refractivity contribution in [2.24, 2.45) is 5.92 Å². The van der Waals surface area contributed by atoms with E-state index in [-0.39, 0.29) is 35.7 Å². The maximum absolute atomic E-state index is 13.0. The van der Waals surface area contributed by atoms with Crippen LogP contribution in [0, 0.1) is 11.7 Å². The Kier molecular flexibility index (Phi) is 9.49. The van der Waals surface area contributed by atoms with Gasteiger partial charge in [0.1, 0.15) is 5.82 Å². The molecule has 2 rings (SSSR count). The van der Waals surface area contributed by atoms with E-state index in [0.29, 0.717) is 32.5 Å².